The highest BCUT2D eigenvalue weighted by atomic mass is 32.2. The molecule has 90 valence electrons. The summed E-state index contributed by atoms with van der Waals surface area (Å²) in [6.07, 6.45) is 0. The van der Waals surface area contributed by atoms with Gasteiger partial charge in [0.2, 0.25) is 0 Å². The fraction of sp³-hybridized carbons (Fsp3) is 0.400. The van der Waals surface area contributed by atoms with Crippen LogP contribution in [0, 0.1) is 0 Å². The monoisotopic (exact) mass is 244 g/mol. The zero-order valence-corrected chi connectivity index (χ0v) is 10.1. The molecule has 1 rings (SSSR count). The third kappa shape index (κ3) is 3.28. The van der Waals surface area contributed by atoms with Gasteiger partial charge >= 0.3 is 0 Å². The fourth-order valence-corrected chi connectivity index (χ4v) is 1.96. The predicted octanol–water partition coefficient (Wildman–Crippen LogP) is 0.116. The lowest BCUT2D eigenvalue weighted by Crippen LogP contribution is -2.39. The lowest BCUT2D eigenvalue weighted by Gasteiger charge is -2.19. The Morgan fingerprint density at radius 3 is 2.31 bits per heavy atom. The molecule has 0 saturated heterocycles. The maximum Gasteiger partial charge on any atom is 0.279 e. The van der Waals surface area contributed by atoms with Crippen molar-refractivity contribution in [3.63, 3.8) is 0 Å². The van der Waals surface area contributed by atoms with E-state index in [4.69, 9.17) is 0 Å². The average Bonchev–Trinajstić information content (AvgIpc) is 2.27. The van der Waals surface area contributed by atoms with Crippen LogP contribution in [0.1, 0.15) is 11.6 Å². The van der Waals surface area contributed by atoms with Crippen LogP contribution in [0.2, 0.25) is 0 Å². The van der Waals surface area contributed by atoms with E-state index in [1.54, 1.807) is 24.3 Å². The van der Waals surface area contributed by atoms with Crippen molar-refractivity contribution in [2.45, 2.75) is 6.04 Å². The summed E-state index contributed by atoms with van der Waals surface area (Å²) in [7, 11) is -0.670. The molecule has 0 aromatic heterocycles. The van der Waals surface area contributed by atoms with Gasteiger partial charge in [-0.1, -0.05) is 30.3 Å². The van der Waals surface area contributed by atoms with Gasteiger partial charge in [-0.2, -0.15) is 17.4 Å². The number of hydrogen-bond donors (Lipinski definition) is 2. The molecule has 0 aliphatic rings. The number of aliphatic hydroxyl groups is 1. The quantitative estimate of drug-likeness (QED) is 0.772. The molecule has 1 atom stereocenters. The van der Waals surface area contributed by atoms with Gasteiger partial charge in [0.05, 0.1) is 12.6 Å². The molecule has 0 amide bonds. The summed E-state index contributed by atoms with van der Waals surface area (Å²) in [4.78, 5) is 0. The van der Waals surface area contributed by atoms with E-state index in [0.29, 0.717) is 0 Å². The van der Waals surface area contributed by atoms with Crippen LogP contribution >= 0.6 is 0 Å². The third-order valence-electron chi connectivity index (χ3n) is 2.16. The lowest BCUT2D eigenvalue weighted by molar-refractivity contribution is 0.257. The van der Waals surface area contributed by atoms with Crippen LogP contribution in [0.25, 0.3) is 0 Å². The number of benzene rings is 1. The molecule has 0 radical (unpaired) electrons. The van der Waals surface area contributed by atoms with Gasteiger partial charge in [0.15, 0.2) is 0 Å². The van der Waals surface area contributed by atoms with Crippen molar-refractivity contribution in [3.05, 3.63) is 35.9 Å². The minimum absolute atomic E-state index is 0.281. The topological polar surface area (TPSA) is 69.6 Å². The highest BCUT2D eigenvalue weighted by Crippen LogP contribution is 2.13. The van der Waals surface area contributed by atoms with Crippen LogP contribution in [-0.4, -0.2) is 38.5 Å². The first-order valence-electron chi connectivity index (χ1n) is 4.83. The molecular formula is C10H16N2O3S. The highest BCUT2D eigenvalue weighted by molar-refractivity contribution is 7.87. The van der Waals surface area contributed by atoms with Gasteiger partial charge in [-0.15, -0.1) is 0 Å². The van der Waals surface area contributed by atoms with Gasteiger partial charge < -0.3 is 5.11 Å². The molecule has 0 bridgehead atoms. The van der Waals surface area contributed by atoms with Crippen LogP contribution in [0.15, 0.2) is 30.3 Å². The number of hydrogen-bond acceptors (Lipinski definition) is 3. The molecule has 0 aliphatic carbocycles. The first-order chi connectivity index (χ1) is 7.47. The molecule has 0 heterocycles. The molecule has 0 unspecified atom stereocenters. The van der Waals surface area contributed by atoms with E-state index in [9.17, 15) is 13.5 Å². The number of aliphatic hydroxyl groups excluding tert-OH is 1. The zero-order valence-electron chi connectivity index (χ0n) is 9.29. The van der Waals surface area contributed by atoms with Crippen molar-refractivity contribution in [2.24, 2.45) is 0 Å². The van der Waals surface area contributed by atoms with Gasteiger partial charge in [0, 0.05) is 14.1 Å². The SMILES string of the molecule is CN(C)S(=O)(=O)N[C@@H](CO)c1ccccc1. The molecule has 0 spiro atoms. The van der Waals surface area contributed by atoms with Crippen molar-refractivity contribution in [3.8, 4) is 0 Å². The van der Waals surface area contributed by atoms with Crippen molar-refractivity contribution in [1.82, 2.24) is 9.03 Å². The zero-order chi connectivity index (χ0) is 12.2. The van der Waals surface area contributed by atoms with E-state index < -0.39 is 16.3 Å². The van der Waals surface area contributed by atoms with E-state index in [1.807, 2.05) is 6.07 Å². The van der Waals surface area contributed by atoms with Gasteiger partial charge in [0.25, 0.3) is 10.2 Å². The highest BCUT2D eigenvalue weighted by Gasteiger charge is 2.20. The molecule has 16 heavy (non-hydrogen) atoms. The molecular weight excluding hydrogens is 228 g/mol. The molecule has 1 aromatic carbocycles. The van der Waals surface area contributed by atoms with E-state index in [2.05, 4.69) is 4.72 Å². The Hall–Kier alpha value is -0.950. The van der Waals surface area contributed by atoms with Crippen LogP contribution in [-0.2, 0) is 10.2 Å². The van der Waals surface area contributed by atoms with Gasteiger partial charge in [0.1, 0.15) is 0 Å². The van der Waals surface area contributed by atoms with Gasteiger partial charge in [-0.05, 0) is 5.56 Å². The Balaban J connectivity index is 2.86. The fourth-order valence-electron chi connectivity index (χ4n) is 1.18. The van der Waals surface area contributed by atoms with E-state index in [1.165, 1.54) is 14.1 Å². The largest absolute Gasteiger partial charge is 0.394 e. The molecule has 0 fully saturated rings. The van der Waals surface area contributed by atoms with Crippen molar-refractivity contribution >= 4 is 10.2 Å². The van der Waals surface area contributed by atoms with Crippen LogP contribution in [0.5, 0.6) is 0 Å². The molecule has 6 heteroatoms. The molecule has 0 saturated carbocycles. The number of nitrogens with zero attached hydrogens (tertiary/aromatic N) is 1. The van der Waals surface area contributed by atoms with E-state index in [-0.39, 0.29) is 6.61 Å². The number of rotatable bonds is 5. The Morgan fingerprint density at radius 1 is 1.31 bits per heavy atom. The Morgan fingerprint density at radius 2 is 1.88 bits per heavy atom. The molecule has 1 aromatic rings. The summed E-state index contributed by atoms with van der Waals surface area (Å²) in [5.74, 6) is 0. The van der Waals surface area contributed by atoms with Crippen molar-refractivity contribution < 1.29 is 13.5 Å². The van der Waals surface area contributed by atoms with Crippen LogP contribution in [0.4, 0.5) is 0 Å². The minimum Gasteiger partial charge on any atom is -0.394 e. The van der Waals surface area contributed by atoms with Gasteiger partial charge in [-0.3, -0.25) is 0 Å². The summed E-state index contributed by atoms with van der Waals surface area (Å²) in [5.41, 5.74) is 0.732. The number of nitrogens with one attached hydrogen (secondary N) is 1. The standard InChI is InChI=1S/C10H16N2O3S/c1-12(2)16(14,15)11-10(8-13)9-6-4-3-5-7-9/h3-7,10-11,13H,8H2,1-2H3/t10-/m0/s1. The summed E-state index contributed by atoms with van der Waals surface area (Å²) in [6.45, 7) is -0.281. The van der Waals surface area contributed by atoms with Crippen molar-refractivity contribution in [1.29, 1.82) is 0 Å². The lowest BCUT2D eigenvalue weighted by atomic mass is 10.1. The summed E-state index contributed by atoms with van der Waals surface area (Å²) < 4.78 is 26.6. The third-order valence-corrected chi connectivity index (χ3v) is 3.70. The Kier molecular flexibility index (Phi) is 4.43. The Bertz CT molecular complexity index is 417. The average molecular weight is 244 g/mol. The molecule has 5 nitrogen and oxygen atoms in total. The first-order valence-corrected chi connectivity index (χ1v) is 6.27. The van der Waals surface area contributed by atoms with Gasteiger partial charge in [-0.25, -0.2) is 0 Å². The maximum absolute atomic E-state index is 11.6. The van der Waals surface area contributed by atoms with E-state index >= 15 is 0 Å². The van der Waals surface area contributed by atoms with Crippen LogP contribution in [0.3, 0.4) is 0 Å². The minimum atomic E-state index is -3.53. The second-order valence-corrected chi connectivity index (χ2v) is 5.47. The van der Waals surface area contributed by atoms with E-state index in [0.717, 1.165) is 9.87 Å². The second-order valence-electron chi connectivity index (χ2n) is 3.55. The normalized spacial score (nSPS) is 14.0. The predicted molar refractivity (Wildman–Crippen MR) is 62.0 cm³/mol. The summed E-state index contributed by atoms with van der Waals surface area (Å²) in [5, 5.41) is 9.18. The Labute approximate surface area is 95.9 Å². The summed E-state index contributed by atoms with van der Waals surface area (Å²) >= 11 is 0. The van der Waals surface area contributed by atoms with Crippen LogP contribution < -0.4 is 4.72 Å². The second kappa shape index (κ2) is 5.40. The van der Waals surface area contributed by atoms with Crippen molar-refractivity contribution in [2.75, 3.05) is 20.7 Å². The molecule has 2 N–H and O–H groups in total. The smallest absolute Gasteiger partial charge is 0.279 e. The maximum atomic E-state index is 11.6. The summed E-state index contributed by atoms with van der Waals surface area (Å²) in [6, 6.07) is 8.33. The first kappa shape index (κ1) is 13.1. The molecule has 0 aliphatic heterocycles.